The van der Waals surface area contributed by atoms with Crippen molar-refractivity contribution in [3.63, 3.8) is 0 Å². The predicted molar refractivity (Wildman–Crippen MR) is 77.9 cm³/mol. The van der Waals surface area contributed by atoms with E-state index in [0.717, 1.165) is 0 Å². The number of halogens is 1. The Kier molecular flexibility index (Phi) is 4.25. The van der Waals surface area contributed by atoms with E-state index in [2.05, 4.69) is 0 Å². The van der Waals surface area contributed by atoms with Gasteiger partial charge in [0.2, 0.25) is 0 Å². The summed E-state index contributed by atoms with van der Waals surface area (Å²) in [6.07, 6.45) is -0.592. The van der Waals surface area contributed by atoms with Gasteiger partial charge in [-0.3, -0.25) is 4.79 Å². The maximum Gasteiger partial charge on any atom is 0.263 e. The van der Waals surface area contributed by atoms with E-state index >= 15 is 0 Å². The molecule has 1 unspecified atom stereocenters. The number of ether oxygens (including phenoxy) is 1. The molecule has 0 aromatic heterocycles. The van der Waals surface area contributed by atoms with Crippen LogP contribution >= 0.6 is 11.6 Å². The molecule has 0 saturated carbocycles. The lowest BCUT2D eigenvalue weighted by atomic mass is 9.83. The summed E-state index contributed by atoms with van der Waals surface area (Å²) in [5.74, 6) is 0.587. The summed E-state index contributed by atoms with van der Waals surface area (Å²) in [5.41, 5.74) is -0.758. The lowest BCUT2D eigenvalue weighted by molar-refractivity contribution is -0.169. The molecular formula is C15H20ClNO3. The van der Waals surface area contributed by atoms with Crippen molar-refractivity contribution >= 4 is 17.5 Å². The Morgan fingerprint density at radius 3 is 2.60 bits per heavy atom. The zero-order chi connectivity index (χ0) is 14.9. The summed E-state index contributed by atoms with van der Waals surface area (Å²) >= 11 is 5.87. The maximum absolute atomic E-state index is 12.2. The molecule has 5 heteroatoms. The van der Waals surface area contributed by atoms with E-state index in [9.17, 15) is 9.90 Å². The Morgan fingerprint density at radius 1 is 1.40 bits per heavy atom. The average molecular weight is 298 g/mol. The Bertz CT molecular complexity index is 498. The first-order valence-electron chi connectivity index (χ1n) is 6.75. The zero-order valence-corrected chi connectivity index (χ0v) is 12.7. The molecule has 1 aromatic carbocycles. The van der Waals surface area contributed by atoms with E-state index in [1.807, 2.05) is 13.8 Å². The molecule has 1 aromatic rings. The molecule has 1 N–H and O–H groups in total. The molecule has 1 aliphatic heterocycles. The normalized spacial score (nSPS) is 18.6. The van der Waals surface area contributed by atoms with Crippen LogP contribution in [-0.4, -0.2) is 40.7 Å². The summed E-state index contributed by atoms with van der Waals surface area (Å²) in [6.45, 7) is 6.34. The van der Waals surface area contributed by atoms with Gasteiger partial charge in [0.15, 0.2) is 6.10 Å². The minimum absolute atomic E-state index is 0.115. The highest BCUT2D eigenvalue weighted by molar-refractivity contribution is 6.30. The zero-order valence-electron chi connectivity index (χ0n) is 12.0. The molecule has 4 nitrogen and oxygen atoms in total. The fraction of sp³-hybridized carbons (Fsp3) is 0.533. The van der Waals surface area contributed by atoms with Crippen molar-refractivity contribution in [3.8, 4) is 5.75 Å². The summed E-state index contributed by atoms with van der Waals surface area (Å²) in [7, 11) is 0. The number of amides is 1. The van der Waals surface area contributed by atoms with Crippen molar-refractivity contribution < 1.29 is 14.6 Å². The van der Waals surface area contributed by atoms with Crippen molar-refractivity contribution in [2.45, 2.75) is 32.5 Å². The standard InChI is InChI=1S/C15H20ClNO3/c1-10(2)15(19)8-17(9-15)14(18)11(3)20-13-6-4-5-12(16)7-13/h4-7,10-11,19H,8-9H2,1-3H3. The minimum Gasteiger partial charge on any atom is -0.481 e. The third-order valence-electron chi connectivity index (χ3n) is 3.77. The van der Waals surface area contributed by atoms with Crippen LogP contribution in [0.15, 0.2) is 24.3 Å². The van der Waals surface area contributed by atoms with E-state index in [1.165, 1.54) is 0 Å². The Balaban J connectivity index is 1.91. The number of likely N-dealkylation sites (tertiary alicyclic amines) is 1. The van der Waals surface area contributed by atoms with Gasteiger partial charge in [-0.2, -0.15) is 0 Å². The van der Waals surface area contributed by atoms with E-state index in [4.69, 9.17) is 16.3 Å². The predicted octanol–water partition coefficient (Wildman–Crippen LogP) is 2.34. The minimum atomic E-state index is -0.758. The quantitative estimate of drug-likeness (QED) is 0.928. The molecule has 0 aliphatic carbocycles. The van der Waals surface area contributed by atoms with Crippen molar-refractivity contribution in [1.29, 1.82) is 0 Å². The van der Waals surface area contributed by atoms with Crippen LogP contribution in [-0.2, 0) is 4.79 Å². The molecule has 1 atom stereocenters. The van der Waals surface area contributed by atoms with Gasteiger partial charge in [-0.25, -0.2) is 0 Å². The van der Waals surface area contributed by atoms with Gasteiger partial charge in [0.05, 0.1) is 13.1 Å². The Labute approximate surface area is 124 Å². The van der Waals surface area contributed by atoms with Gasteiger partial charge in [-0.15, -0.1) is 0 Å². The van der Waals surface area contributed by atoms with Gasteiger partial charge >= 0.3 is 0 Å². The second-order valence-electron chi connectivity index (χ2n) is 5.67. The largest absolute Gasteiger partial charge is 0.481 e. The number of nitrogens with zero attached hydrogens (tertiary/aromatic N) is 1. The van der Waals surface area contributed by atoms with Crippen LogP contribution in [0.4, 0.5) is 0 Å². The smallest absolute Gasteiger partial charge is 0.263 e. The highest BCUT2D eigenvalue weighted by Crippen LogP contribution is 2.29. The van der Waals surface area contributed by atoms with Gasteiger partial charge in [0.1, 0.15) is 11.4 Å². The molecule has 1 heterocycles. The van der Waals surface area contributed by atoms with E-state index in [-0.39, 0.29) is 11.8 Å². The van der Waals surface area contributed by atoms with Crippen LogP contribution in [0.5, 0.6) is 5.75 Å². The summed E-state index contributed by atoms with van der Waals surface area (Å²) in [6, 6.07) is 6.96. The highest BCUT2D eigenvalue weighted by Gasteiger charge is 2.46. The van der Waals surface area contributed by atoms with E-state index in [1.54, 1.807) is 36.1 Å². The maximum atomic E-state index is 12.2. The molecule has 0 bridgehead atoms. The summed E-state index contributed by atoms with van der Waals surface area (Å²) in [5, 5.41) is 10.7. The third kappa shape index (κ3) is 3.07. The van der Waals surface area contributed by atoms with Crippen LogP contribution in [0.2, 0.25) is 5.02 Å². The average Bonchev–Trinajstić information content (AvgIpc) is 2.33. The number of carbonyl (C=O) groups excluding carboxylic acids is 1. The molecule has 20 heavy (non-hydrogen) atoms. The number of hydrogen-bond acceptors (Lipinski definition) is 3. The van der Waals surface area contributed by atoms with Crippen LogP contribution in [0.3, 0.4) is 0 Å². The number of aliphatic hydroxyl groups is 1. The van der Waals surface area contributed by atoms with Crippen molar-refractivity contribution in [3.05, 3.63) is 29.3 Å². The molecule has 1 saturated heterocycles. The SMILES string of the molecule is CC(Oc1cccc(Cl)c1)C(=O)N1CC(O)(C(C)C)C1. The lowest BCUT2D eigenvalue weighted by Crippen LogP contribution is -2.67. The summed E-state index contributed by atoms with van der Waals surface area (Å²) < 4.78 is 5.59. The van der Waals surface area contributed by atoms with Gasteiger partial charge in [0.25, 0.3) is 5.91 Å². The molecule has 110 valence electrons. The summed E-state index contributed by atoms with van der Waals surface area (Å²) in [4.78, 5) is 13.8. The molecule has 1 aliphatic rings. The first-order valence-corrected chi connectivity index (χ1v) is 7.13. The van der Waals surface area contributed by atoms with Crippen molar-refractivity contribution in [1.82, 2.24) is 4.90 Å². The molecule has 0 radical (unpaired) electrons. The van der Waals surface area contributed by atoms with Gasteiger partial charge in [0, 0.05) is 5.02 Å². The second kappa shape index (κ2) is 5.62. The number of hydrogen-bond donors (Lipinski definition) is 1. The van der Waals surface area contributed by atoms with E-state index < -0.39 is 11.7 Å². The van der Waals surface area contributed by atoms with E-state index in [0.29, 0.717) is 23.9 Å². The van der Waals surface area contributed by atoms with Crippen LogP contribution < -0.4 is 4.74 Å². The highest BCUT2D eigenvalue weighted by atomic mass is 35.5. The Morgan fingerprint density at radius 2 is 2.05 bits per heavy atom. The second-order valence-corrected chi connectivity index (χ2v) is 6.11. The lowest BCUT2D eigenvalue weighted by Gasteiger charge is -2.49. The van der Waals surface area contributed by atoms with Crippen molar-refractivity contribution in [2.75, 3.05) is 13.1 Å². The number of benzene rings is 1. The van der Waals surface area contributed by atoms with Gasteiger partial charge in [-0.05, 0) is 31.0 Å². The third-order valence-corrected chi connectivity index (χ3v) is 4.01. The first-order chi connectivity index (χ1) is 9.32. The fourth-order valence-electron chi connectivity index (χ4n) is 2.19. The topological polar surface area (TPSA) is 49.8 Å². The number of β-amino-alcohol motifs (C(OH)–C–C–N with tert-alkyl or cyclic N) is 1. The first kappa shape index (κ1) is 15.1. The van der Waals surface area contributed by atoms with Crippen LogP contribution in [0.25, 0.3) is 0 Å². The molecular weight excluding hydrogens is 278 g/mol. The van der Waals surface area contributed by atoms with Crippen LogP contribution in [0, 0.1) is 5.92 Å². The molecule has 2 rings (SSSR count). The monoisotopic (exact) mass is 297 g/mol. The molecule has 0 spiro atoms. The Hall–Kier alpha value is -1.26. The van der Waals surface area contributed by atoms with Gasteiger partial charge in [-0.1, -0.05) is 31.5 Å². The number of rotatable bonds is 4. The molecule has 1 fully saturated rings. The fourth-order valence-corrected chi connectivity index (χ4v) is 2.37. The van der Waals surface area contributed by atoms with Gasteiger partial charge < -0.3 is 14.7 Å². The number of carbonyl (C=O) groups is 1. The van der Waals surface area contributed by atoms with Crippen LogP contribution in [0.1, 0.15) is 20.8 Å². The molecule has 1 amide bonds. The van der Waals surface area contributed by atoms with Crippen molar-refractivity contribution in [2.24, 2.45) is 5.92 Å².